The summed E-state index contributed by atoms with van der Waals surface area (Å²) < 4.78 is 5.71. The van der Waals surface area contributed by atoms with E-state index in [2.05, 4.69) is 23.1 Å². The average molecular weight is 474 g/mol. The van der Waals surface area contributed by atoms with Crippen LogP contribution in [-0.4, -0.2) is 24.3 Å². The largest absolute Gasteiger partial charge is 0.494 e. The normalized spacial score (nSPS) is 10.3. The number of hydrazine groups is 1. The molecule has 0 aliphatic rings. The van der Waals surface area contributed by atoms with Crippen molar-refractivity contribution in [1.29, 1.82) is 0 Å². The molecule has 7 heteroatoms. The molecule has 0 aliphatic heterocycles. The lowest BCUT2D eigenvalue weighted by molar-refractivity contribution is 0.0846. The Morgan fingerprint density at radius 1 is 0.629 bits per heavy atom. The van der Waals surface area contributed by atoms with E-state index in [1.807, 2.05) is 6.07 Å². The van der Waals surface area contributed by atoms with Crippen molar-refractivity contribution in [3.63, 3.8) is 0 Å². The van der Waals surface area contributed by atoms with Crippen molar-refractivity contribution in [2.75, 3.05) is 11.9 Å². The molecule has 0 bridgehead atoms. The fraction of sp³-hybridized carbons (Fsp3) is 0.250. The lowest BCUT2D eigenvalue weighted by Crippen LogP contribution is -2.41. The Kier molecular flexibility index (Phi) is 9.87. The second-order valence-corrected chi connectivity index (χ2v) is 8.09. The first kappa shape index (κ1) is 25.5. The van der Waals surface area contributed by atoms with Crippen molar-refractivity contribution in [3.8, 4) is 5.75 Å². The Hall–Kier alpha value is -4.13. The number of anilines is 1. The maximum Gasteiger partial charge on any atom is 0.269 e. The number of benzene rings is 3. The summed E-state index contributed by atoms with van der Waals surface area (Å²) in [5.41, 5.74) is 6.65. The van der Waals surface area contributed by atoms with Crippen molar-refractivity contribution in [2.45, 2.75) is 39.0 Å². The number of hydrogen-bond donors (Lipinski definition) is 3. The third-order valence-corrected chi connectivity index (χ3v) is 5.36. The van der Waals surface area contributed by atoms with Gasteiger partial charge in [0.05, 0.1) is 6.61 Å². The lowest BCUT2D eigenvalue weighted by Gasteiger charge is -2.10. The second kappa shape index (κ2) is 13.5. The van der Waals surface area contributed by atoms with Gasteiger partial charge in [0, 0.05) is 22.4 Å². The summed E-state index contributed by atoms with van der Waals surface area (Å²) in [6, 6.07) is 22.0. The number of unbranched alkanes of at least 4 members (excludes halogenated alkanes) is 4. The average Bonchev–Trinajstić information content (AvgIpc) is 2.90. The van der Waals surface area contributed by atoms with Crippen molar-refractivity contribution in [1.82, 2.24) is 10.9 Å². The van der Waals surface area contributed by atoms with Crippen molar-refractivity contribution >= 4 is 23.4 Å². The first-order chi connectivity index (χ1) is 17.1. The Morgan fingerprint density at radius 3 is 1.77 bits per heavy atom. The van der Waals surface area contributed by atoms with Gasteiger partial charge in [0.1, 0.15) is 5.75 Å². The number of hydrogen-bond acceptors (Lipinski definition) is 4. The molecule has 0 heterocycles. The quantitative estimate of drug-likeness (QED) is 0.258. The Balaban J connectivity index is 1.42. The van der Waals surface area contributed by atoms with Crippen LogP contribution in [0.2, 0.25) is 0 Å². The first-order valence-electron chi connectivity index (χ1n) is 11.9. The summed E-state index contributed by atoms with van der Waals surface area (Å²) in [6.45, 7) is 2.84. The smallest absolute Gasteiger partial charge is 0.269 e. The number of nitrogens with one attached hydrogen (secondary N) is 3. The molecule has 0 atom stereocenters. The van der Waals surface area contributed by atoms with Crippen LogP contribution in [0.15, 0.2) is 78.9 Å². The lowest BCUT2D eigenvalue weighted by atomic mass is 10.1. The van der Waals surface area contributed by atoms with Crippen LogP contribution in [0.1, 0.15) is 70.1 Å². The molecule has 182 valence electrons. The first-order valence-corrected chi connectivity index (χ1v) is 11.9. The zero-order chi connectivity index (χ0) is 24.9. The molecule has 3 N–H and O–H groups in total. The molecule has 0 radical (unpaired) electrons. The van der Waals surface area contributed by atoms with Gasteiger partial charge in [-0.05, 0) is 67.1 Å². The molecule has 0 unspecified atom stereocenters. The molecule has 3 rings (SSSR count). The molecule has 7 nitrogen and oxygen atoms in total. The Morgan fingerprint density at radius 2 is 1.17 bits per heavy atom. The highest BCUT2D eigenvalue weighted by molar-refractivity contribution is 6.04. The summed E-state index contributed by atoms with van der Waals surface area (Å²) in [5, 5.41) is 2.77. The minimum Gasteiger partial charge on any atom is -0.494 e. The van der Waals surface area contributed by atoms with Crippen LogP contribution in [0.25, 0.3) is 0 Å². The molecule has 0 aromatic heterocycles. The van der Waals surface area contributed by atoms with Crippen molar-refractivity contribution in [2.24, 2.45) is 0 Å². The van der Waals surface area contributed by atoms with Gasteiger partial charge in [-0.25, -0.2) is 0 Å². The molecule has 0 aliphatic carbocycles. The summed E-state index contributed by atoms with van der Waals surface area (Å²) in [4.78, 5) is 36.9. The predicted octanol–water partition coefficient (Wildman–Crippen LogP) is 5.36. The van der Waals surface area contributed by atoms with Gasteiger partial charge in [-0.15, -0.1) is 0 Å². The van der Waals surface area contributed by atoms with Gasteiger partial charge in [0.15, 0.2) is 0 Å². The molecular weight excluding hydrogens is 442 g/mol. The number of carbonyl (C=O) groups excluding carboxylic acids is 3. The van der Waals surface area contributed by atoms with E-state index in [0.29, 0.717) is 34.7 Å². The van der Waals surface area contributed by atoms with Crippen molar-refractivity contribution < 1.29 is 19.1 Å². The maximum absolute atomic E-state index is 12.4. The van der Waals surface area contributed by atoms with E-state index in [4.69, 9.17) is 4.74 Å². The summed E-state index contributed by atoms with van der Waals surface area (Å²) in [5.74, 6) is -0.433. The second-order valence-electron chi connectivity index (χ2n) is 8.09. The van der Waals surface area contributed by atoms with Gasteiger partial charge in [-0.3, -0.25) is 25.2 Å². The van der Waals surface area contributed by atoms with E-state index in [0.717, 1.165) is 12.8 Å². The standard InChI is InChI=1S/C28H31N3O4/c1-2-3-4-5-9-20-35-25-18-14-23(15-19-25)28(34)31-30-27(33)22-12-16-24(17-13-22)29-26(32)21-10-7-6-8-11-21/h6-8,10-19H,2-5,9,20H2,1H3,(H,29,32)(H,30,33)(H,31,34). The topological polar surface area (TPSA) is 96.5 Å². The van der Waals surface area contributed by atoms with E-state index in [1.54, 1.807) is 72.8 Å². The molecule has 3 amide bonds. The number of ether oxygens (including phenoxy) is 1. The van der Waals surface area contributed by atoms with Gasteiger partial charge >= 0.3 is 0 Å². The molecule has 3 aromatic rings. The zero-order valence-electron chi connectivity index (χ0n) is 19.9. The fourth-order valence-corrected chi connectivity index (χ4v) is 3.35. The summed E-state index contributed by atoms with van der Waals surface area (Å²) in [6.07, 6.45) is 5.85. The molecule has 3 aromatic carbocycles. The van der Waals surface area contributed by atoms with Crippen molar-refractivity contribution in [3.05, 3.63) is 95.6 Å². The van der Waals surface area contributed by atoms with Crippen LogP contribution in [0.5, 0.6) is 5.75 Å². The minimum atomic E-state index is -0.470. The molecular formula is C28H31N3O4. The molecule has 0 saturated heterocycles. The van der Waals surface area contributed by atoms with Crippen LogP contribution < -0.4 is 20.9 Å². The van der Waals surface area contributed by atoms with Crippen LogP contribution in [0.3, 0.4) is 0 Å². The van der Waals surface area contributed by atoms with E-state index < -0.39 is 11.8 Å². The number of amides is 3. The fourth-order valence-electron chi connectivity index (χ4n) is 3.35. The monoisotopic (exact) mass is 473 g/mol. The third-order valence-electron chi connectivity index (χ3n) is 5.36. The van der Waals surface area contributed by atoms with Gasteiger partial charge in [0.2, 0.25) is 0 Å². The van der Waals surface area contributed by atoms with Crippen LogP contribution in [-0.2, 0) is 0 Å². The van der Waals surface area contributed by atoms with E-state index in [-0.39, 0.29) is 5.91 Å². The van der Waals surface area contributed by atoms with E-state index in [9.17, 15) is 14.4 Å². The highest BCUT2D eigenvalue weighted by Gasteiger charge is 2.10. The Bertz CT molecular complexity index is 1100. The highest BCUT2D eigenvalue weighted by atomic mass is 16.5. The molecule has 0 spiro atoms. The Labute approximate surface area is 205 Å². The molecule has 0 saturated carbocycles. The summed E-state index contributed by atoms with van der Waals surface area (Å²) in [7, 11) is 0. The number of carbonyl (C=O) groups is 3. The van der Waals surface area contributed by atoms with Gasteiger partial charge < -0.3 is 10.1 Å². The number of rotatable bonds is 11. The highest BCUT2D eigenvalue weighted by Crippen LogP contribution is 2.14. The van der Waals surface area contributed by atoms with E-state index in [1.165, 1.54) is 19.3 Å². The van der Waals surface area contributed by atoms with E-state index >= 15 is 0 Å². The summed E-state index contributed by atoms with van der Waals surface area (Å²) >= 11 is 0. The van der Waals surface area contributed by atoms with Crippen LogP contribution in [0.4, 0.5) is 5.69 Å². The predicted molar refractivity (Wildman–Crippen MR) is 136 cm³/mol. The van der Waals surface area contributed by atoms with Crippen LogP contribution >= 0.6 is 0 Å². The van der Waals surface area contributed by atoms with Crippen LogP contribution in [0, 0.1) is 0 Å². The van der Waals surface area contributed by atoms with Gasteiger partial charge in [0.25, 0.3) is 17.7 Å². The van der Waals surface area contributed by atoms with Gasteiger partial charge in [-0.1, -0.05) is 50.8 Å². The molecule has 0 fully saturated rings. The maximum atomic E-state index is 12.4. The SMILES string of the molecule is CCCCCCCOc1ccc(C(=O)NNC(=O)c2ccc(NC(=O)c3ccccc3)cc2)cc1. The third kappa shape index (κ3) is 8.30. The minimum absolute atomic E-state index is 0.238. The molecule has 35 heavy (non-hydrogen) atoms. The zero-order valence-corrected chi connectivity index (χ0v) is 19.9. The van der Waals surface area contributed by atoms with Gasteiger partial charge in [-0.2, -0.15) is 0 Å².